The van der Waals surface area contributed by atoms with E-state index in [0.717, 1.165) is 29.5 Å². The Balaban J connectivity index is 2.26. The van der Waals surface area contributed by atoms with Gasteiger partial charge in [0.1, 0.15) is 11.1 Å². The molecule has 1 aliphatic rings. The number of aliphatic imine (C=N–C) groups is 1. The van der Waals surface area contributed by atoms with E-state index < -0.39 is 0 Å². The Hall–Kier alpha value is -1.93. The van der Waals surface area contributed by atoms with Gasteiger partial charge in [0, 0.05) is 5.56 Å². The maximum Gasteiger partial charge on any atom is 0.235 e. The van der Waals surface area contributed by atoms with E-state index in [2.05, 4.69) is 9.98 Å². The maximum absolute atomic E-state index is 10.4. The number of aromatic nitrogens is 1. The molecule has 0 bridgehead atoms. The normalized spacial score (nSPS) is 17.3. The highest BCUT2D eigenvalue weighted by Crippen LogP contribution is 2.50. The molecule has 0 radical (unpaired) electrons. The zero-order valence-electron chi connectivity index (χ0n) is 7.93. The van der Waals surface area contributed by atoms with Crippen molar-refractivity contribution >= 4 is 17.2 Å². The molecule has 1 aliphatic carbocycles. The summed E-state index contributed by atoms with van der Waals surface area (Å²) in [5, 5.41) is 0. The molecule has 0 spiro atoms. The molecule has 0 atom stereocenters. The number of hydrogen-bond donors (Lipinski definition) is 0. The number of oxazole rings is 1. The smallest absolute Gasteiger partial charge is 0.235 e. The van der Waals surface area contributed by atoms with Gasteiger partial charge in [0.2, 0.25) is 6.08 Å². The molecule has 3 rings (SSSR count). The third-order valence-corrected chi connectivity index (χ3v) is 2.85. The van der Waals surface area contributed by atoms with Crippen molar-refractivity contribution in [1.82, 2.24) is 4.98 Å². The van der Waals surface area contributed by atoms with E-state index in [0.29, 0.717) is 0 Å². The van der Waals surface area contributed by atoms with Crippen molar-refractivity contribution < 1.29 is 9.21 Å². The lowest BCUT2D eigenvalue weighted by Crippen LogP contribution is -2.02. The first kappa shape index (κ1) is 8.38. The van der Waals surface area contributed by atoms with Crippen LogP contribution in [-0.4, -0.2) is 11.1 Å². The topological polar surface area (TPSA) is 55.5 Å². The molecule has 74 valence electrons. The summed E-state index contributed by atoms with van der Waals surface area (Å²) in [7, 11) is 0. The van der Waals surface area contributed by atoms with Gasteiger partial charge >= 0.3 is 0 Å². The van der Waals surface area contributed by atoms with E-state index in [-0.39, 0.29) is 5.54 Å². The van der Waals surface area contributed by atoms with Gasteiger partial charge in [-0.25, -0.2) is 9.78 Å². The lowest BCUT2D eigenvalue weighted by atomic mass is 10.0. The summed E-state index contributed by atoms with van der Waals surface area (Å²) in [5.41, 5.74) is 2.13. The van der Waals surface area contributed by atoms with Crippen molar-refractivity contribution in [3.05, 3.63) is 30.2 Å². The van der Waals surface area contributed by atoms with Gasteiger partial charge in [0.15, 0.2) is 12.0 Å². The minimum absolute atomic E-state index is 0.377. The Kier molecular flexibility index (Phi) is 1.55. The van der Waals surface area contributed by atoms with Crippen LogP contribution in [0.2, 0.25) is 0 Å². The standard InChI is InChI=1S/C11H8N2O2/c14-6-13-11(4-5-11)8-2-1-3-9-10(8)12-7-15-9/h1-3,7H,4-5H2. The maximum atomic E-state index is 10.4. The van der Waals surface area contributed by atoms with Crippen LogP contribution in [0, 0.1) is 0 Å². The Morgan fingerprint density at radius 1 is 1.47 bits per heavy atom. The Morgan fingerprint density at radius 2 is 2.33 bits per heavy atom. The molecule has 4 heteroatoms. The average Bonchev–Trinajstić information content (AvgIpc) is 2.88. The van der Waals surface area contributed by atoms with Gasteiger partial charge in [0.05, 0.1) is 0 Å². The number of benzene rings is 1. The van der Waals surface area contributed by atoms with Gasteiger partial charge in [-0.3, -0.25) is 0 Å². The molecular formula is C11H8N2O2. The summed E-state index contributed by atoms with van der Waals surface area (Å²) >= 11 is 0. The van der Waals surface area contributed by atoms with Crippen LogP contribution in [0.25, 0.3) is 11.1 Å². The highest BCUT2D eigenvalue weighted by molar-refractivity contribution is 5.78. The van der Waals surface area contributed by atoms with E-state index in [1.165, 1.54) is 6.39 Å². The SMILES string of the molecule is O=C=NC1(c2cccc3ocnc23)CC1. The number of isocyanates is 1. The van der Waals surface area contributed by atoms with Crippen molar-refractivity contribution in [2.24, 2.45) is 4.99 Å². The lowest BCUT2D eigenvalue weighted by Gasteiger charge is -2.07. The summed E-state index contributed by atoms with van der Waals surface area (Å²) < 4.78 is 5.21. The number of carbonyl (C=O) groups excluding carboxylic acids is 1. The number of para-hydroxylation sites is 1. The first-order valence-corrected chi connectivity index (χ1v) is 4.77. The number of hydrogen-bond acceptors (Lipinski definition) is 4. The molecule has 2 aromatic rings. The second-order valence-electron chi connectivity index (χ2n) is 3.74. The first-order chi connectivity index (χ1) is 7.36. The highest BCUT2D eigenvalue weighted by atomic mass is 16.3. The van der Waals surface area contributed by atoms with E-state index in [1.54, 1.807) is 6.08 Å². The van der Waals surface area contributed by atoms with Crippen LogP contribution in [0.4, 0.5) is 0 Å². The zero-order chi connectivity index (χ0) is 10.3. The zero-order valence-corrected chi connectivity index (χ0v) is 7.93. The molecule has 0 amide bonds. The fourth-order valence-corrected chi connectivity index (χ4v) is 1.91. The van der Waals surface area contributed by atoms with Crippen molar-refractivity contribution in [2.45, 2.75) is 18.4 Å². The number of nitrogens with zero attached hydrogens (tertiary/aromatic N) is 2. The molecule has 1 heterocycles. The average molecular weight is 200 g/mol. The van der Waals surface area contributed by atoms with Crippen molar-refractivity contribution in [2.75, 3.05) is 0 Å². The van der Waals surface area contributed by atoms with Gasteiger partial charge in [0.25, 0.3) is 0 Å². The monoisotopic (exact) mass is 200 g/mol. The Labute approximate surface area is 85.6 Å². The molecule has 0 saturated heterocycles. The van der Waals surface area contributed by atoms with Crippen LogP contribution in [0.1, 0.15) is 18.4 Å². The summed E-state index contributed by atoms with van der Waals surface area (Å²) in [4.78, 5) is 18.4. The summed E-state index contributed by atoms with van der Waals surface area (Å²) in [6.45, 7) is 0. The van der Waals surface area contributed by atoms with Crippen LogP contribution in [0.3, 0.4) is 0 Å². The predicted molar refractivity (Wildman–Crippen MR) is 53.0 cm³/mol. The van der Waals surface area contributed by atoms with Crippen LogP contribution in [-0.2, 0) is 10.3 Å². The molecule has 0 unspecified atom stereocenters. The largest absolute Gasteiger partial charge is 0.443 e. The highest BCUT2D eigenvalue weighted by Gasteiger charge is 2.46. The van der Waals surface area contributed by atoms with Gasteiger partial charge < -0.3 is 4.42 Å². The molecular weight excluding hydrogens is 192 g/mol. The third kappa shape index (κ3) is 1.12. The molecule has 0 aliphatic heterocycles. The quantitative estimate of drug-likeness (QED) is 0.551. The molecule has 15 heavy (non-hydrogen) atoms. The minimum Gasteiger partial charge on any atom is -0.443 e. The van der Waals surface area contributed by atoms with Crippen LogP contribution in [0.15, 0.2) is 34.0 Å². The lowest BCUT2D eigenvalue weighted by molar-refractivity contribution is 0.556. The predicted octanol–water partition coefficient (Wildman–Crippen LogP) is 2.15. The van der Waals surface area contributed by atoms with Crippen LogP contribution in [0.5, 0.6) is 0 Å². The Morgan fingerprint density at radius 3 is 3.07 bits per heavy atom. The van der Waals surface area contributed by atoms with Gasteiger partial charge in [-0.1, -0.05) is 12.1 Å². The summed E-state index contributed by atoms with van der Waals surface area (Å²) in [6.07, 6.45) is 4.82. The van der Waals surface area contributed by atoms with E-state index in [4.69, 9.17) is 4.42 Å². The van der Waals surface area contributed by atoms with Gasteiger partial charge in [-0.05, 0) is 18.9 Å². The van der Waals surface area contributed by atoms with Crippen LogP contribution >= 0.6 is 0 Å². The van der Waals surface area contributed by atoms with E-state index in [1.807, 2.05) is 18.2 Å². The minimum atomic E-state index is -0.377. The fraction of sp³-hybridized carbons (Fsp3) is 0.273. The number of fused-ring (bicyclic) bond motifs is 1. The third-order valence-electron chi connectivity index (χ3n) is 2.85. The van der Waals surface area contributed by atoms with Crippen molar-refractivity contribution in [3.63, 3.8) is 0 Å². The molecule has 1 aromatic carbocycles. The first-order valence-electron chi connectivity index (χ1n) is 4.77. The Bertz CT molecular complexity index is 563. The molecule has 4 nitrogen and oxygen atoms in total. The molecule has 1 saturated carbocycles. The van der Waals surface area contributed by atoms with Gasteiger partial charge in [-0.2, -0.15) is 4.99 Å². The van der Waals surface area contributed by atoms with E-state index in [9.17, 15) is 4.79 Å². The van der Waals surface area contributed by atoms with Gasteiger partial charge in [-0.15, -0.1) is 0 Å². The molecule has 1 aromatic heterocycles. The fourth-order valence-electron chi connectivity index (χ4n) is 1.91. The summed E-state index contributed by atoms with van der Waals surface area (Å²) in [5.74, 6) is 0. The summed E-state index contributed by atoms with van der Waals surface area (Å²) in [6, 6.07) is 5.69. The second kappa shape index (κ2) is 2.78. The van der Waals surface area contributed by atoms with E-state index >= 15 is 0 Å². The van der Waals surface area contributed by atoms with Crippen LogP contribution < -0.4 is 0 Å². The molecule has 1 fully saturated rings. The second-order valence-corrected chi connectivity index (χ2v) is 3.74. The number of rotatable bonds is 2. The van der Waals surface area contributed by atoms with Crippen molar-refractivity contribution in [1.29, 1.82) is 0 Å². The molecule has 0 N–H and O–H groups in total. The van der Waals surface area contributed by atoms with Crippen molar-refractivity contribution in [3.8, 4) is 0 Å².